The van der Waals surface area contributed by atoms with E-state index in [-0.39, 0.29) is 12.1 Å². The quantitative estimate of drug-likeness (QED) is 0.483. The molecular weight excluding hydrogens is 394 g/mol. The monoisotopic (exact) mass is 427 g/mol. The predicted molar refractivity (Wildman–Crippen MR) is 120 cm³/mol. The fraction of sp³-hybridized carbons (Fsp3) is 0.545. The van der Waals surface area contributed by atoms with Gasteiger partial charge in [-0.1, -0.05) is 30.3 Å². The Bertz CT molecular complexity index is 873. The van der Waals surface area contributed by atoms with Gasteiger partial charge in [0, 0.05) is 19.0 Å². The molecule has 0 bridgehead atoms. The zero-order chi connectivity index (χ0) is 22.3. The molecule has 0 fully saturated rings. The zero-order valence-corrected chi connectivity index (χ0v) is 18.8. The van der Waals surface area contributed by atoms with Gasteiger partial charge in [0.1, 0.15) is 17.8 Å². The lowest BCUT2D eigenvalue weighted by atomic mass is 10.1. The number of aliphatic imine (C=N–C) groups is 1. The Hall–Kier alpha value is -3.10. The van der Waals surface area contributed by atoms with Crippen LogP contribution >= 0.6 is 0 Å². The van der Waals surface area contributed by atoms with Gasteiger partial charge in [-0.2, -0.15) is 5.10 Å². The lowest BCUT2D eigenvalue weighted by Gasteiger charge is -2.26. The van der Waals surface area contributed by atoms with Crippen LogP contribution in [0.5, 0.6) is 0 Å². The minimum atomic E-state index is -0.563. The second kappa shape index (κ2) is 10.3. The Labute approximate surface area is 183 Å². The number of carbonyl (C=O) groups is 1. The van der Waals surface area contributed by atoms with Gasteiger partial charge < -0.3 is 20.7 Å². The second-order valence-electron chi connectivity index (χ2n) is 8.57. The van der Waals surface area contributed by atoms with E-state index >= 15 is 0 Å². The number of aromatic nitrogens is 3. The van der Waals surface area contributed by atoms with Crippen molar-refractivity contribution in [2.24, 2.45) is 4.99 Å². The van der Waals surface area contributed by atoms with Gasteiger partial charge in [-0.15, -0.1) is 0 Å². The van der Waals surface area contributed by atoms with E-state index in [9.17, 15) is 4.79 Å². The van der Waals surface area contributed by atoms with E-state index in [1.165, 1.54) is 0 Å². The summed E-state index contributed by atoms with van der Waals surface area (Å²) in [4.78, 5) is 21.4. The van der Waals surface area contributed by atoms with E-state index < -0.39 is 11.7 Å². The van der Waals surface area contributed by atoms with Crippen LogP contribution in [0.4, 0.5) is 4.79 Å². The highest BCUT2D eigenvalue weighted by atomic mass is 16.6. The first-order chi connectivity index (χ1) is 14.8. The SMILES string of the molecule is CCNC(=NCC(NC(=O)OC(C)(C)C)c1ccccc1)NC1CCc2ncnn2C1. The van der Waals surface area contributed by atoms with Crippen molar-refractivity contribution in [1.29, 1.82) is 0 Å². The van der Waals surface area contributed by atoms with Crippen molar-refractivity contribution in [1.82, 2.24) is 30.7 Å². The Kier molecular flexibility index (Phi) is 7.49. The Morgan fingerprint density at radius 2 is 2.10 bits per heavy atom. The topological polar surface area (TPSA) is 105 Å². The van der Waals surface area contributed by atoms with Crippen LogP contribution in [0.15, 0.2) is 41.7 Å². The predicted octanol–water partition coefficient (Wildman–Crippen LogP) is 2.41. The summed E-state index contributed by atoms with van der Waals surface area (Å²) in [6.45, 7) is 9.43. The summed E-state index contributed by atoms with van der Waals surface area (Å²) >= 11 is 0. The number of guanidine groups is 1. The molecule has 1 aromatic carbocycles. The van der Waals surface area contributed by atoms with E-state index in [1.807, 2.05) is 62.7 Å². The summed E-state index contributed by atoms with van der Waals surface area (Å²) in [6, 6.07) is 9.70. The molecule has 9 heteroatoms. The third kappa shape index (κ3) is 6.97. The molecule has 1 aliphatic heterocycles. The molecule has 2 unspecified atom stereocenters. The number of amides is 1. The van der Waals surface area contributed by atoms with E-state index in [4.69, 9.17) is 9.73 Å². The summed E-state index contributed by atoms with van der Waals surface area (Å²) < 4.78 is 7.38. The maximum Gasteiger partial charge on any atom is 0.408 e. The van der Waals surface area contributed by atoms with Crippen molar-refractivity contribution in [3.05, 3.63) is 48.0 Å². The van der Waals surface area contributed by atoms with E-state index in [0.717, 1.165) is 37.3 Å². The van der Waals surface area contributed by atoms with Crippen LogP contribution in [0.3, 0.4) is 0 Å². The molecule has 3 rings (SSSR count). The van der Waals surface area contributed by atoms with Gasteiger partial charge in [-0.25, -0.2) is 14.5 Å². The Morgan fingerprint density at radius 3 is 2.81 bits per heavy atom. The number of hydrogen-bond donors (Lipinski definition) is 3. The normalized spacial score (nSPS) is 17.4. The lowest BCUT2D eigenvalue weighted by molar-refractivity contribution is 0.0505. The van der Waals surface area contributed by atoms with Gasteiger partial charge in [0.15, 0.2) is 5.96 Å². The van der Waals surface area contributed by atoms with Gasteiger partial charge in [-0.05, 0) is 39.7 Å². The molecule has 1 aromatic heterocycles. The molecular formula is C22H33N7O2. The number of nitrogens with one attached hydrogen (secondary N) is 3. The molecule has 0 radical (unpaired) electrons. The van der Waals surface area contributed by atoms with E-state index in [0.29, 0.717) is 12.5 Å². The molecule has 3 N–H and O–H groups in total. The number of benzene rings is 1. The third-order valence-corrected chi connectivity index (χ3v) is 4.82. The Balaban J connectivity index is 1.69. The number of nitrogens with zero attached hydrogens (tertiary/aromatic N) is 4. The van der Waals surface area contributed by atoms with Crippen molar-refractivity contribution < 1.29 is 9.53 Å². The maximum atomic E-state index is 12.4. The van der Waals surface area contributed by atoms with Crippen LogP contribution in [0.2, 0.25) is 0 Å². The van der Waals surface area contributed by atoms with Crippen LogP contribution < -0.4 is 16.0 Å². The second-order valence-corrected chi connectivity index (χ2v) is 8.57. The fourth-order valence-electron chi connectivity index (χ4n) is 3.42. The average molecular weight is 428 g/mol. The highest BCUT2D eigenvalue weighted by Crippen LogP contribution is 2.16. The lowest BCUT2D eigenvalue weighted by Crippen LogP contribution is -2.47. The van der Waals surface area contributed by atoms with E-state index in [2.05, 4.69) is 26.0 Å². The smallest absolute Gasteiger partial charge is 0.408 e. The van der Waals surface area contributed by atoms with Crippen molar-refractivity contribution >= 4 is 12.1 Å². The van der Waals surface area contributed by atoms with Gasteiger partial charge in [0.25, 0.3) is 0 Å². The molecule has 31 heavy (non-hydrogen) atoms. The fourth-order valence-corrected chi connectivity index (χ4v) is 3.42. The van der Waals surface area contributed by atoms with Gasteiger partial charge >= 0.3 is 6.09 Å². The summed E-state index contributed by atoms with van der Waals surface area (Å²) in [6.07, 6.45) is 2.98. The van der Waals surface area contributed by atoms with Gasteiger partial charge in [0.2, 0.25) is 0 Å². The number of carbonyl (C=O) groups excluding carboxylic acids is 1. The molecule has 0 spiro atoms. The number of hydrogen-bond acceptors (Lipinski definition) is 5. The first kappa shape index (κ1) is 22.6. The van der Waals surface area contributed by atoms with Crippen LogP contribution in [0.1, 0.15) is 51.5 Å². The maximum absolute atomic E-state index is 12.4. The number of fused-ring (bicyclic) bond motifs is 1. The minimum Gasteiger partial charge on any atom is -0.444 e. The van der Waals surface area contributed by atoms with E-state index in [1.54, 1.807) is 6.33 Å². The Morgan fingerprint density at radius 1 is 1.32 bits per heavy atom. The summed E-state index contributed by atoms with van der Waals surface area (Å²) in [5, 5.41) is 14.0. The zero-order valence-electron chi connectivity index (χ0n) is 18.8. The molecule has 168 valence electrons. The van der Waals surface area contributed by atoms with Crippen molar-refractivity contribution in [2.75, 3.05) is 13.1 Å². The highest BCUT2D eigenvalue weighted by molar-refractivity contribution is 5.80. The summed E-state index contributed by atoms with van der Waals surface area (Å²) in [5.74, 6) is 1.73. The molecule has 0 saturated carbocycles. The minimum absolute atomic E-state index is 0.209. The number of aryl methyl sites for hydroxylation is 1. The highest BCUT2D eigenvalue weighted by Gasteiger charge is 2.22. The van der Waals surface area contributed by atoms with Gasteiger partial charge in [-0.3, -0.25) is 4.99 Å². The largest absolute Gasteiger partial charge is 0.444 e. The van der Waals surface area contributed by atoms with Gasteiger partial charge in [0.05, 0.1) is 19.1 Å². The van der Waals surface area contributed by atoms with Crippen LogP contribution in [-0.4, -0.2) is 51.5 Å². The molecule has 0 saturated heterocycles. The summed E-state index contributed by atoms with van der Waals surface area (Å²) in [5.41, 5.74) is 0.407. The van der Waals surface area contributed by atoms with Crippen LogP contribution in [0, 0.1) is 0 Å². The molecule has 1 aliphatic rings. The average Bonchev–Trinajstić information content (AvgIpc) is 3.18. The number of rotatable bonds is 6. The first-order valence-corrected chi connectivity index (χ1v) is 10.8. The molecule has 2 aromatic rings. The number of alkyl carbamates (subject to hydrolysis) is 1. The van der Waals surface area contributed by atoms with Crippen LogP contribution in [0.25, 0.3) is 0 Å². The molecule has 9 nitrogen and oxygen atoms in total. The number of ether oxygens (including phenoxy) is 1. The third-order valence-electron chi connectivity index (χ3n) is 4.82. The standard InChI is InChI=1S/C22H33N7O2/c1-5-23-20(27-17-11-12-19-25-15-26-29(19)14-17)24-13-18(16-9-7-6-8-10-16)28-21(30)31-22(2,3)4/h6-10,15,17-18H,5,11-14H2,1-4H3,(H,28,30)(H2,23,24,27). The molecule has 1 amide bonds. The van der Waals surface area contributed by atoms with Crippen molar-refractivity contribution in [3.63, 3.8) is 0 Å². The van der Waals surface area contributed by atoms with Crippen molar-refractivity contribution in [3.8, 4) is 0 Å². The molecule has 2 atom stereocenters. The molecule has 2 heterocycles. The van der Waals surface area contributed by atoms with Crippen molar-refractivity contribution in [2.45, 2.75) is 64.8 Å². The molecule has 0 aliphatic carbocycles. The first-order valence-electron chi connectivity index (χ1n) is 10.8. The van der Waals surface area contributed by atoms with Crippen LogP contribution in [-0.2, 0) is 17.7 Å². The summed E-state index contributed by atoms with van der Waals surface area (Å²) in [7, 11) is 0.